The van der Waals surface area contributed by atoms with Gasteiger partial charge in [0.25, 0.3) is 0 Å². The minimum Gasteiger partial charge on any atom is -0.392 e. The second kappa shape index (κ2) is 4.29. The van der Waals surface area contributed by atoms with Crippen molar-refractivity contribution >= 4 is 11.6 Å². The SMILES string of the molecule is CCNC1CCC(O)C(Cl)C1. The molecular weight excluding hydrogens is 162 g/mol. The van der Waals surface area contributed by atoms with E-state index in [4.69, 9.17) is 11.6 Å². The molecule has 0 aromatic heterocycles. The molecule has 0 heterocycles. The number of hydrogen-bond donors (Lipinski definition) is 2. The fourth-order valence-corrected chi connectivity index (χ4v) is 1.91. The van der Waals surface area contributed by atoms with Crippen molar-refractivity contribution in [2.75, 3.05) is 6.54 Å². The van der Waals surface area contributed by atoms with Crippen LogP contribution in [0.15, 0.2) is 0 Å². The molecule has 0 saturated heterocycles. The second-order valence-corrected chi connectivity index (χ2v) is 3.71. The van der Waals surface area contributed by atoms with Crippen LogP contribution in [0, 0.1) is 0 Å². The summed E-state index contributed by atoms with van der Waals surface area (Å²) >= 11 is 5.91. The van der Waals surface area contributed by atoms with E-state index in [-0.39, 0.29) is 11.5 Å². The molecule has 2 nitrogen and oxygen atoms in total. The first-order valence-corrected chi connectivity index (χ1v) is 4.73. The molecular formula is C8H16ClNO. The summed E-state index contributed by atoms with van der Waals surface area (Å²) in [7, 11) is 0. The van der Waals surface area contributed by atoms with Crippen molar-refractivity contribution < 1.29 is 5.11 Å². The van der Waals surface area contributed by atoms with Gasteiger partial charge < -0.3 is 10.4 Å². The van der Waals surface area contributed by atoms with E-state index in [1.165, 1.54) is 0 Å². The zero-order valence-corrected chi connectivity index (χ0v) is 7.64. The molecule has 0 radical (unpaired) electrons. The van der Waals surface area contributed by atoms with Crippen molar-refractivity contribution in [3.8, 4) is 0 Å². The van der Waals surface area contributed by atoms with Crippen LogP contribution in [0.4, 0.5) is 0 Å². The Morgan fingerprint density at radius 3 is 2.82 bits per heavy atom. The summed E-state index contributed by atoms with van der Waals surface area (Å²) in [6.45, 7) is 3.08. The molecule has 1 rings (SSSR count). The van der Waals surface area contributed by atoms with Crippen LogP contribution >= 0.6 is 11.6 Å². The highest BCUT2D eigenvalue weighted by Crippen LogP contribution is 2.23. The lowest BCUT2D eigenvalue weighted by Gasteiger charge is -2.29. The first kappa shape index (κ1) is 9.30. The molecule has 1 saturated carbocycles. The first-order valence-electron chi connectivity index (χ1n) is 4.29. The van der Waals surface area contributed by atoms with E-state index in [1.807, 2.05) is 0 Å². The van der Waals surface area contributed by atoms with Crippen LogP contribution in [-0.2, 0) is 0 Å². The van der Waals surface area contributed by atoms with E-state index in [0.29, 0.717) is 6.04 Å². The number of alkyl halides is 1. The molecule has 66 valence electrons. The van der Waals surface area contributed by atoms with Gasteiger partial charge in [-0.15, -0.1) is 11.6 Å². The molecule has 0 aromatic carbocycles. The van der Waals surface area contributed by atoms with Crippen LogP contribution in [0.1, 0.15) is 26.2 Å². The lowest BCUT2D eigenvalue weighted by Crippen LogP contribution is -2.40. The molecule has 1 fully saturated rings. The quantitative estimate of drug-likeness (QED) is 0.620. The van der Waals surface area contributed by atoms with Crippen molar-refractivity contribution in [3.63, 3.8) is 0 Å². The van der Waals surface area contributed by atoms with Gasteiger partial charge in [0.1, 0.15) is 0 Å². The number of aliphatic hydroxyl groups excluding tert-OH is 1. The third-order valence-electron chi connectivity index (χ3n) is 2.23. The van der Waals surface area contributed by atoms with Crippen LogP contribution in [0.5, 0.6) is 0 Å². The molecule has 0 aliphatic heterocycles. The van der Waals surface area contributed by atoms with Gasteiger partial charge in [-0.05, 0) is 25.8 Å². The Morgan fingerprint density at radius 2 is 2.27 bits per heavy atom. The number of nitrogens with one attached hydrogen (secondary N) is 1. The van der Waals surface area contributed by atoms with Crippen molar-refractivity contribution in [2.45, 2.75) is 43.7 Å². The Labute approximate surface area is 72.9 Å². The van der Waals surface area contributed by atoms with Gasteiger partial charge in [-0.25, -0.2) is 0 Å². The molecule has 0 aromatic rings. The van der Waals surface area contributed by atoms with Crippen LogP contribution in [0.3, 0.4) is 0 Å². The molecule has 0 spiro atoms. The summed E-state index contributed by atoms with van der Waals surface area (Å²) in [5.41, 5.74) is 0. The smallest absolute Gasteiger partial charge is 0.0704 e. The zero-order valence-electron chi connectivity index (χ0n) is 6.89. The van der Waals surface area contributed by atoms with Crippen molar-refractivity contribution in [1.82, 2.24) is 5.32 Å². The maximum Gasteiger partial charge on any atom is 0.0704 e. The first-order chi connectivity index (χ1) is 5.24. The number of aliphatic hydroxyl groups is 1. The summed E-state index contributed by atoms with van der Waals surface area (Å²) in [6, 6.07) is 0.519. The summed E-state index contributed by atoms with van der Waals surface area (Å²) < 4.78 is 0. The van der Waals surface area contributed by atoms with Gasteiger partial charge in [-0.1, -0.05) is 6.92 Å². The summed E-state index contributed by atoms with van der Waals surface area (Å²) in [6.07, 6.45) is 2.51. The van der Waals surface area contributed by atoms with Crippen molar-refractivity contribution in [2.24, 2.45) is 0 Å². The van der Waals surface area contributed by atoms with Gasteiger partial charge in [-0.3, -0.25) is 0 Å². The molecule has 3 heteroatoms. The molecule has 3 unspecified atom stereocenters. The van der Waals surface area contributed by atoms with Crippen LogP contribution in [0.2, 0.25) is 0 Å². The van der Waals surface area contributed by atoms with E-state index < -0.39 is 0 Å². The largest absolute Gasteiger partial charge is 0.392 e. The normalized spacial score (nSPS) is 39.0. The highest BCUT2D eigenvalue weighted by molar-refractivity contribution is 6.21. The molecule has 1 aliphatic carbocycles. The molecule has 2 N–H and O–H groups in total. The van der Waals surface area contributed by atoms with Crippen LogP contribution in [0.25, 0.3) is 0 Å². The second-order valence-electron chi connectivity index (χ2n) is 3.15. The van der Waals surface area contributed by atoms with Gasteiger partial charge in [-0.2, -0.15) is 0 Å². The average Bonchev–Trinajstić information content (AvgIpc) is 1.98. The molecule has 3 atom stereocenters. The van der Waals surface area contributed by atoms with Crippen molar-refractivity contribution in [1.29, 1.82) is 0 Å². The summed E-state index contributed by atoms with van der Waals surface area (Å²) in [4.78, 5) is 0. The molecule has 11 heavy (non-hydrogen) atoms. The topological polar surface area (TPSA) is 32.3 Å². The van der Waals surface area contributed by atoms with Gasteiger partial charge in [0.15, 0.2) is 0 Å². The maximum absolute atomic E-state index is 9.30. The fourth-order valence-electron chi connectivity index (χ4n) is 1.57. The molecule has 0 bridgehead atoms. The fraction of sp³-hybridized carbons (Fsp3) is 1.00. The van der Waals surface area contributed by atoms with Gasteiger partial charge in [0, 0.05) is 6.04 Å². The highest BCUT2D eigenvalue weighted by Gasteiger charge is 2.26. The van der Waals surface area contributed by atoms with E-state index >= 15 is 0 Å². The minimum absolute atomic E-state index is 0.0483. The maximum atomic E-state index is 9.30. The van der Waals surface area contributed by atoms with Crippen molar-refractivity contribution in [3.05, 3.63) is 0 Å². The minimum atomic E-state index is -0.286. The highest BCUT2D eigenvalue weighted by atomic mass is 35.5. The number of hydrogen-bond acceptors (Lipinski definition) is 2. The third kappa shape index (κ3) is 2.62. The third-order valence-corrected chi connectivity index (χ3v) is 2.70. The Balaban J connectivity index is 2.28. The standard InChI is InChI=1S/C8H16ClNO/c1-2-10-6-3-4-8(11)7(9)5-6/h6-8,10-11H,2-5H2,1H3. The lowest BCUT2D eigenvalue weighted by molar-refractivity contribution is 0.121. The van der Waals surface area contributed by atoms with Gasteiger partial charge in [0.2, 0.25) is 0 Å². The molecule has 1 aliphatic rings. The summed E-state index contributed by atoms with van der Waals surface area (Å²) in [5.74, 6) is 0. The van der Waals surface area contributed by atoms with E-state index in [9.17, 15) is 5.11 Å². The Bertz CT molecular complexity index is 121. The van der Waals surface area contributed by atoms with Gasteiger partial charge in [0.05, 0.1) is 11.5 Å². The Morgan fingerprint density at radius 1 is 1.55 bits per heavy atom. The zero-order chi connectivity index (χ0) is 8.27. The summed E-state index contributed by atoms with van der Waals surface area (Å²) in [5, 5.41) is 12.6. The lowest BCUT2D eigenvalue weighted by atomic mass is 9.93. The predicted octanol–water partition coefficient (Wildman–Crippen LogP) is 1.12. The van der Waals surface area contributed by atoms with Crippen LogP contribution in [-0.4, -0.2) is 29.2 Å². The monoisotopic (exact) mass is 177 g/mol. The van der Waals surface area contributed by atoms with E-state index in [2.05, 4.69) is 12.2 Å². The Hall–Kier alpha value is 0.210. The predicted molar refractivity (Wildman–Crippen MR) is 47.0 cm³/mol. The average molecular weight is 178 g/mol. The number of halogens is 1. The van der Waals surface area contributed by atoms with Gasteiger partial charge >= 0.3 is 0 Å². The molecule has 0 amide bonds. The van der Waals surface area contributed by atoms with E-state index in [0.717, 1.165) is 25.8 Å². The number of rotatable bonds is 2. The van der Waals surface area contributed by atoms with E-state index in [1.54, 1.807) is 0 Å². The Kier molecular flexibility index (Phi) is 3.63. The van der Waals surface area contributed by atoms with Crippen LogP contribution < -0.4 is 5.32 Å².